The summed E-state index contributed by atoms with van der Waals surface area (Å²) in [5.41, 5.74) is 1.00. The van der Waals surface area contributed by atoms with E-state index in [-0.39, 0.29) is 11.9 Å². The first-order chi connectivity index (χ1) is 11.4. The second kappa shape index (κ2) is 7.97. The standard InChI is InChI=1S/C19H19ClO4/c1-12(2)23-19(22)13(3)24-17-6-4-5-15(11-17)18(21)14-7-9-16(20)10-8-14/h4-13H,1-3H3. The van der Waals surface area contributed by atoms with Crippen LogP contribution in [0.1, 0.15) is 36.7 Å². The molecule has 2 rings (SSSR count). The Morgan fingerprint density at radius 3 is 2.25 bits per heavy atom. The maximum atomic E-state index is 12.5. The molecule has 0 N–H and O–H groups in total. The van der Waals surface area contributed by atoms with Gasteiger partial charge in [-0.1, -0.05) is 23.7 Å². The van der Waals surface area contributed by atoms with Gasteiger partial charge in [-0.05, 0) is 57.2 Å². The molecule has 0 amide bonds. The molecule has 0 saturated carbocycles. The molecule has 4 nitrogen and oxygen atoms in total. The Morgan fingerprint density at radius 1 is 0.958 bits per heavy atom. The third-order valence-electron chi connectivity index (χ3n) is 3.20. The molecule has 0 bridgehead atoms. The minimum atomic E-state index is -0.756. The monoisotopic (exact) mass is 346 g/mol. The summed E-state index contributed by atoms with van der Waals surface area (Å²) in [5.74, 6) is -0.156. The third-order valence-corrected chi connectivity index (χ3v) is 3.45. The van der Waals surface area contributed by atoms with E-state index >= 15 is 0 Å². The van der Waals surface area contributed by atoms with Crippen LogP contribution in [0.2, 0.25) is 5.02 Å². The Labute approximate surface area is 146 Å². The molecule has 0 aliphatic carbocycles. The summed E-state index contributed by atoms with van der Waals surface area (Å²) in [5, 5.41) is 0.570. The van der Waals surface area contributed by atoms with Gasteiger partial charge in [0.25, 0.3) is 0 Å². The van der Waals surface area contributed by atoms with Crippen molar-refractivity contribution in [1.29, 1.82) is 0 Å². The number of ketones is 1. The van der Waals surface area contributed by atoms with Crippen LogP contribution in [0.4, 0.5) is 0 Å². The number of carbonyl (C=O) groups is 2. The Balaban J connectivity index is 2.12. The molecule has 0 aromatic heterocycles. The van der Waals surface area contributed by atoms with Crippen molar-refractivity contribution in [2.75, 3.05) is 0 Å². The molecule has 0 radical (unpaired) electrons. The largest absolute Gasteiger partial charge is 0.479 e. The molecule has 5 heteroatoms. The van der Waals surface area contributed by atoms with Gasteiger partial charge in [0.1, 0.15) is 5.75 Å². The second-order valence-corrected chi connectivity index (χ2v) is 6.05. The average molecular weight is 347 g/mol. The zero-order chi connectivity index (χ0) is 17.7. The minimum Gasteiger partial charge on any atom is -0.479 e. The third kappa shape index (κ3) is 4.83. The van der Waals surface area contributed by atoms with Gasteiger partial charge < -0.3 is 9.47 Å². The molecular formula is C19H19ClO4. The predicted molar refractivity (Wildman–Crippen MR) is 92.6 cm³/mol. The van der Waals surface area contributed by atoms with Crippen molar-refractivity contribution < 1.29 is 19.1 Å². The summed E-state index contributed by atoms with van der Waals surface area (Å²) in [7, 11) is 0. The fraction of sp³-hybridized carbons (Fsp3) is 0.263. The zero-order valence-electron chi connectivity index (χ0n) is 13.8. The highest BCUT2D eigenvalue weighted by Crippen LogP contribution is 2.19. The molecule has 126 valence electrons. The molecule has 1 unspecified atom stereocenters. The van der Waals surface area contributed by atoms with E-state index in [1.54, 1.807) is 69.3 Å². The highest BCUT2D eigenvalue weighted by atomic mass is 35.5. The fourth-order valence-electron chi connectivity index (χ4n) is 2.06. The molecule has 1 atom stereocenters. The van der Waals surface area contributed by atoms with Crippen LogP contribution in [0.3, 0.4) is 0 Å². The normalized spacial score (nSPS) is 11.9. The van der Waals surface area contributed by atoms with Gasteiger partial charge in [-0.25, -0.2) is 4.79 Å². The number of halogens is 1. The van der Waals surface area contributed by atoms with Crippen molar-refractivity contribution in [3.63, 3.8) is 0 Å². The Kier molecular flexibility index (Phi) is 5.99. The molecular weight excluding hydrogens is 328 g/mol. The van der Waals surface area contributed by atoms with E-state index in [4.69, 9.17) is 21.1 Å². The van der Waals surface area contributed by atoms with Gasteiger partial charge in [0.2, 0.25) is 0 Å². The molecule has 0 aliphatic rings. The van der Waals surface area contributed by atoms with Crippen LogP contribution in [-0.4, -0.2) is 24.0 Å². The topological polar surface area (TPSA) is 52.6 Å². The molecule has 24 heavy (non-hydrogen) atoms. The quantitative estimate of drug-likeness (QED) is 0.578. The van der Waals surface area contributed by atoms with Gasteiger partial charge in [0, 0.05) is 16.1 Å². The van der Waals surface area contributed by atoms with Gasteiger partial charge in [0.05, 0.1) is 6.10 Å². The van der Waals surface area contributed by atoms with Gasteiger partial charge in [-0.2, -0.15) is 0 Å². The van der Waals surface area contributed by atoms with Crippen LogP contribution in [0, 0.1) is 0 Å². The summed E-state index contributed by atoms with van der Waals surface area (Å²) in [6.07, 6.45) is -0.963. The molecule has 0 fully saturated rings. The van der Waals surface area contributed by atoms with Crippen LogP contribution in [0.5, 0.6) is 5.75 Å². The van der Waals surface area contributed by atoms with Crippen LogP contribution in [-0.2, 0) is 9.53 Å². The van der Waals surface area contributed by atoms with E-state index in [1.807, 2.05) is 0 Å². The zero-order valence-corrected chi connectivity index (χ0v) is 14.5. The molecule has 0 aliphatic heterocycles. The van der Waals surface area contributed by atoms with Crippen molar-refractivity contribution in [3.05, 3.63) is 64.7 Å². The number of hydrogen-bond acceptors (Lipinski definition) is 4. The van der Waals surface area contributed by atoms with Crippen LogP contribution in [0.25, 0.3) is 0 Å². The highest BCUT2D eigenvalue weighted by molar-refractivity contribution is 6.30. The lowest BCUT2D eigenvalue weighted by Gasteiger charge is -2.16. The maximum absolute atomic E-state index is 12.5. The fourth-order valence-corrected chi connectivity index (χ4v) is 2.18. The molecule has 0 spiro atoms. The second-order valence-electron chi connectivity index (χ2n) is 5.61. The summed E-state index contributed by atoms with van der Waals surface area (Å²) in [4.78, 5) is 24.3. The smallest absolute Gasteiger partial charge is 0.347 e. The SMILES string of the molecule is CC(C)OC(=O)C(C)Oc1cccc(C(=O)c2ccc(Cl)cc2)c1. The lowest BCUT2D eigenvalue weighted by atomic mass is 10.0. The number of benzene rings is 2. The van der Waals surface area contributed by atoms with Crippen molar-refractivity contribution in [1.82, 2.24) is 0 Å². The van der Waals surface area contributed by atoms with E-state index in [2.05, 4.69) is 0 Å². The lowest BCUT2D eigenvalue weighted by Crippen LogP contribution is -2.28. The first-order valence-corrected chi connectivity index (χ1v) is 8.02. The van der Waals surface area contributed by atoms with Crippen LogP contribution in [0.15, 0.2) is 48.5 Å². The number of hydrogen-bond donors (Lipinski definition) is 0. The van der Waals surface area contributed by atoms with Crippen molar-refractivity contribution >= 4 is 23.4 Å². The summed E-state index contributed by atoms with van der Waals surface area (Å²) < 4.78 is 10.7. The van der Waals surface area contributed by atoms with E-state index in [9.17, 15) is 9.59 Å². The number of esters is 1. The Bertz CT molecular complexity index is 722. The molecule has 0 saturated heterocycles. The number of ether oxygens (including phenoxy) is 2. The minimum absolute atomic E-state index is 0.144. The lowest BCUT2D eigenvalue weighted by molar-refractivity contribution is -0.154. The first kappa shape index (κ1) is 18.0. The van der Waals surface area contributed by atoms with Crippen LogP contribution < -0.4 is 4.74 Å². The Morgan fingerprint density at radius 2 is 1.62 bits per heavy atom. The van der Waals surface area contributed by atoms with E-state index in [0.717, 1.165) is 0 Å². The van der Waals surface area contributed by atoms with Gasteiger partial charge >= 0.3 is 5.97 Å². The van der Waals surface area contributed by atoms with E-state index in [1.165, 1.54) is 0 Å². The first-order valence-electron chi connectivity index (χ1n) is 7.64. The summed E-state index contributed by atoms with van der Waals surface area (Å²) >= 11 is 5.84. The summed E-state index contributed by atoms with van der Waals surface area (Å²) in [6, 6.07) is 13.4. The van der Waals surface area contributed by atoms with Crippen LogP contribution >= 0.6 is 11.6 Å². The predicted octanol–water partition coefficient (Wildman–Crippen LogP) is 4.29. The molecule has 2 aromatic carbocycles. The van der Waals surface area contributed by atoms with Gasteiger partial charge in [-0.3, -0.25) is 4.79 Å². The van der Waals surface area contributed by atoms with Gasteiger partial charge in [0.15, 0.2) is 11.9 Å². The molecule has 0 heterocycles. The van der Waals surface area contributed by atoms with E-state index in [0.29, 0.717) is 21.9 Å². The number of rotatable bonds is 6. The highest BCUT2D eigenvalue weighted by Gasteiger charge is 2.18. The maximum Gasteiger partial charge on any atom is 0.347 e. The summed E-state index contributed by atoms with van der Waals surface area (Å²) in [6.45, 7) is 5.16. The van der Waals surface area contributed by atoms with Gasteiger partial charge in [-0.15, -0.1) is 0 Å². The van der Waals surface area contributed by atoms with E-state index < -0.39 is 12.1 Å². The van der Waals surface area contributed by atoms with Crippen molar-refractivity contribution in [2.24, 2.45) is 0 Å². The average Bonchev–Trinajstić information content (AvgIpc) is 2.54. The Hall–Kier alpha value is -2.33. The molecule has 2 aromatic rings. The number of carbonyl (C=O) groups excluding carboxylic acids is 2. The van der Waals surface area contributed by atoms with Crippen molar-refractivity contribution in [3.8, 4) is 5.75 Å². The van der Waals surface area contributed by atoms with Crippen molar-refractivity contribution in [2.45, 2.75) is 33.0 Å².